The highest BCUT2D eigenvalue weighted by Gasteiger charge is 1.84. The third-order valence-corrected chi connectivity index (χ3v) is 0.821. The van der Waals surface area contributed by atoms with E-state index >= 15 is 0 Å². The minimum atomic E-state index is 0.984. The standard InChI is InChI=1S/C4H5Br2/c1-2-3-4(5)6/h2-3H,1H3/b3-2+. The van der Waals surface area contributed by atoms with Crippen LogP contribution in [0.5, 0.6) is 0 Å². The van der Waals surface area contributed by atoms with E-state index in [4.69, 9.17) is 0 Å². The second-order valence-corrected chi connectivity index (χ2v) is 3.56. The predicted molar refractivity (Wildman–Crippen MR) is 35.9 cm³/mol. The summed E-state index contributed by atoms with van der Waals surface area (Å²) >= 11 is 6.36. The van der Waals surface area contributed by atoms with E-state index in [1.54, 1.807) is 0 Å². The Morgan fingerprint density at radius 2 is 2.00 bits per heavy atom. The summed E-state index contributed by atoms with van der Waals surface area (Å²) in [5.74, 6) is 0. The quantitative estimate of drug-likeness (QED) is 0.628. The lowest BCUT2D eigenvalue weighted by atomic mass is 10.6. The Labute approximate surface area is 54.9 Å². The molecule has 2 heteroatoms. The molecule has 0 spiro atoms. The van der Waals surface area contributed by atoms with Gasteiger partial charge in [0.2, 0.25) is 0 Å². The molecule has 0 aliphatic rings. The van der Waals surface area contributed by atoms with Gasteiger partial charge >= 0.3 is 0 Å². The molecule has 0 N–H and O–H groups in total. The number of rotatable bonds is 1. The molecule has 0 heterocycles. The van der Waals surface area contributed by atoms with Crippen LogP contribution in [-0.4, -0.2) is 0 Å². The van der Waals surface area contributed by atoms with Crippen LogP contribution < -0.4 is 0 Å². The molecule has 0 unspecified atom stereocenters. The van der Waals surface area contributed by atoms with Crippen molar-refractivity contribution >= 4 is 31.9 Å². The van der Waals surface area contributed by atoms with Gasteiger partial charge in [-0.15, -0.1) is 0 Å². The van der Waals surface area contributed by atoms with Gasteiger partial charge in [-0.3, -0.25) is 0 Å². The van der Waals surface area contributed by atoms with Gasteiger partial charge in [-0.1, -0.05) is 44.0 Å². The molecule has 0 aromatic carbocycles. The molecule has 0 aliphatic carbocycles. The number of hydrogen-bond donors (Lipinski definition) is 0. The van der Waals surface area contributed by atoms with E-state index in [0.29, 0.717) is 0 Å². The van der Waals surface area contributed by atoms with Crippen LogP contribution in [0.2, 0.25) is 0 Å². The number of hydrogen-bond acceptors (Lipinski definition) is 0. The van der Waals surface area contributed by atoms with Gasteiger partial charge in [0.25, 0.3) is 0 Å². The summed E-state index contributed by atoms with van der Waals surface area (Å²) in [5, 5.41) is 0. The molecular formula is C4H5Br2. The molecule has 6 heavy (non-hydrogen) atoms. The second kappa shape index (κ2) is 3.88. The predicted octanol–water partition coefficient (Wildman–Crippen LogP) is 2.84. The van der Waals surface area contributed by atoms with E-state index in [2.05, 4.69) is 31.9 Å². The summed E-state index contributed by atoms with van der Waals surface area (Å²) in [6, 6.07) is 0. The van der Waals surface area contributed by atoms with Crippen molar-refractivity contribution in [2.75, 3.05) is 0 Å². The highest BCUT2D eigenvalue weighted by Crippen LogP contribution is 2.18. The lowest BCUT2D eigenvalue weighted by Crippen LogP contribution is -1.55. The van der Waals surface area contributed by atoms with Crippen molar-refractivity contribution in [3.63, 3.8) is 0 Å². The fourth-order valence-electron chi connectivity index (χ4n) is 0.126. The van der Waals surface area contributed by atoms with Crippen LogP contribution in [0.4, 0.5) is 0 Å². The summed E-state index contributed by atoms with van der Waals surface area (Å²) < 4.78 is 0.984. The summed E-state index contributed by atoms with van der Waals surface area (Å²) in [5.41, 5.74) is 0. The third-order valence-electron chi connectivity index (χ3n) is 0.293. The first kappa shape index (κ1) is 6.70. The van der Waals surface area contributed by atoms with Gasteiger partial charge < -0.3 is 0 Å². The van der Waals surface area contributed by atoms with E-state index in [-0.39, 0.29) is 0 Å². The molecule has 0 rings (SSSR count). The number of allylic oxidation sites excluding steroid dienone is 2. The second-order valence-electron chi connectivity index (χ2n) is 0.790. The van der Waals surface area contributed by atoms with Crippen LogP contribution >= 0.6 is 31.9 Å². The number of halogens is 2. The monoisotopic (exact) mass is 211 g/mol. The molecule has 0 saturated heterocycles. The van der Waals surface area contributed by atoms with E-state index in [0.717, 1.165) is 3.74 Å². The van der Waals surface area contributed by atoms with Crippen molar-refractivity contribution in [1.29, 1.82) is 0 Å². The first-order valence-electron chi connectivity index (χ1n) is 1.58. The smallest absolute Gasteiger partial charge is 0.0893 e. The van der Waals surface area contributed by atoms with Gasteiger partial charge in [-0.05, 0) is 6.92 Å². The zero-order chi connectivity index (χ0) is 4.99. The maximum Gasteiger partial charge on any atom is 0.127 e. The molecular weight excluding hydrogens is 208 g/mol. The zero-order valence-corrected chi connectivity index (χ0v) is 6.58. The molecule has 0 aromatic rings. The Bertz CT molecular complexity index is 47.5. The Morgan fingerprint density at radius 3 is 2.00 bits per heavy atom. The van der Waals surface area contributed by atoms with Crippen LogP contribution in [0.15, 0.2) is 12.2 Å². The normalized spacial score (nSPS) is 11.3. The van der Waals surface area contributed by atoms with Gasteiger partial charge in [0.05, 0.1) is 0 Å². The Balaban J connectivity index is 3.03. The van der Waals surface area contributed by atoms with Crippen LogP contribution in [0.25, 0.3) is 0 Å². The first-order valence-corrected chi connectivity index (χ1v) is 3.16. The molecule has 0 amide bonds. The minimum Gasteiger partial charge on any atom is -0.0893 e. The maximum atomic E-state index is 3.18. The molecule has 0 aromatic heterocycles. The lowest BCUT2D eigenvalue weighted by molar-refractivity contribution is 1.72. The summed E-state index contributed by atoms with van der Waals surface area (Å²) in [6.45, 7) is 1.96. The molecule has 0 nitrogen and oxygen atoms in total. The van der Waals surface area contributed by atoms with Crippen molar-refractivity contribution in [3.8, 4) is 0 Å². The molecule has 35 valence electrons. The van der Waals surface area contributed by atoms with E-state index in [9.17, 15) is 0 Å². The molecule has 0 atom stereocenters. The summed E-state index contributed by atoms with van der Waals surface area (Å²) in [6.07, 6.45) is 3.86. The van der Waals surface area contributed by atoms with Crippen molar-refractivity contribution < 1.29 is 0 Å². The fourth-order valence-corrected chi connectivity index (χ4v) is 0.655. The third kappa shape index (κ3) is 4.70. The average molecular weight is 213 g/mol. The largest absolute Gasteiger partial charge is 0.127 e. The first-order chi connectivity index (χ1) is 2.77. The molecule has 0 bridgehead atoms. The maximum absolute atomic E-state index is 3.18. The van der Waals surface area contributed by atoms with Crippen LogP contribution in [0.1, 0.15) is 6.92 Å². The van der Waals surface area contributed by atoms with Gasteiger partial charge in [0.15, 0.2) is 0 Å². The fraction of sp³-hybridized carbons (Fsp3) is 0.250. The SMILES string of the molecule is C/C=C/[C](Br)Br. The van der Waals surface area contributed by atoms with Crippen LogP contribution in [0, 0.1) is 3.74 Å². The summed E-state index contributed by atoms with van der Waals surface area (Å²) in [4.78, 5) is 0. The molecule has 0 aliphatic heterocycles. The van der Waals surface area contributed by atoms with E-state index in [1.165, 1.54) is 0 Å². The van der Waals surface area contributed by atoms with Gasteiger partial charge in [0, 0.05) is 0 Å². The summed E-state index contributed by atoms with van der Waals surface area (Å²) in [7, 11) is 0. The Morgan fingerprint density at radius 1 is 1.50 bits per heavy atom. The van der Waals surface area contributed by atoms with Crippen molar-refractivity contribution in [3.05, 3.63) is 15.9 Å². The zero-order valence-electron chi connectivity index (χ0n) is 3.41. The molecule has 0 fully saturated rings. The lowest BCUT2D eigenvalue weighted by Gasteiger charge is -1.80. The topological polar surface area (TPSA) is 0 Å². The van der Waals surface area contributed by atoms with Gasteiger partial charge in [0.1, 0.15) is 3.74 Å². The van der Waals surface area contributed by atoms with Crippen molar-refractivity contribution in [2.24, 2.45) is 0 Å². The van der Waals surface area contributed by atoms with Crippen molar-refractivity contribution in [1.82, 2.24) is 0 Å². The Hall–Kier alpha value is 0.700. The Kier molecular flexibility index (Phi) is 4.33. The van der Waals surface area contributed by atoms with Gasteiger partial charge in [-0.25, -0.2) is 0 Å². The molecule has 1 radical (unpaired) electrons. The van der Waals surface area contributed by atoms with Crippen molar-refractivity contribution in [2.45, 2.75) is 6.92 Å². The highest BCUT2D eigenvalue weighted by molar-refractivity contribution is 9.27. The minimum absolute atomic E-state index is 0.984. The molecule has 0 saturated carbocycles. The van der Waals surface area contributed by atoms with E-state index < -0.39 is 0 Å². The van der Waals surface area contributed by atoms with E-state index in [1.807, 2.05) is 19.1 Å². The van der Waals surface area contributed by atoms with Crippen LogP contribution in [-0.2, 0) is 0 Å². The van der Waals surface area contributed by atoms with Gasteiger partial charge in [-0.2, -0.15) is 0 Å². The highest BCUT2D eigenvalue weighted by atomic mass is 79.9. The van der Waals surface area contributed by atoms with Crippen LogP contribution in [0.3, 0.4) is 0 Å². The average Bonchev–Trinajstić information content (AvgIpc) is 1.35.